The van der Waals surface area contributed by atoms with Gasteiger partial charge >= 0.3 is 0 Å². The zero-order chi connectivity index (χ0) is 12.6. The van der Waals surface area contributed by atoms with Crippen LogP contribution in [0.1, 0.15) is 26.7 Å². The number of nitrogens with zero attached hydrogens (tertiary/aromatic N) is 2. The summed E-state index contributed by atoms with van der Waals surface area (Å²) in [5.41, 5.74) is -0.870. The molecule has 2 rings (SSSR count). The van der Waals surface area contributed by atoms with Gasteiger partial charge in [-0.2, -0.15) is 5.26 Å². The third-order valence-electron chi connectivity index (χ3n) is 3.78. The predicted molar refractivity (Wildman–Crippen MR) is 60.6 cm³/mol. The number of rotatable bonds is 1. The minimum Gasteiger partial charge on any atom is -0.353 e. The summed E-state index contributed by atoms with van der Waals surface area (Å²) < 4.78 is 0. The Morgan fingerprint density at radius 2 is 2.18 bits per heavy atom. The lowest BCUT2D eigenvalue weighted by molar-refractivity contribution is -0.153. The molecule has 1 heterocycles. The normalized spacial score (nSPS) is 36.8. The van der Waals surface area contributed by atoms with Crippen molar-refractivity contribution in [2.24, 2.45) is 11.3 Å². The molecule has 5 nitrogen and oxygen atoms in total. The Labute approximate surface area is 101 Å². The molecular weight excluding hydrogens is 218 g/mol. The Bertz CT molecular complexity index is 393. The summed E-state index contributed by atoms with van der Waals surface area (Å²) in [6.45, 7) is 4.73. The number of hydrogen-bond donors (Lipinski definition) is 1. The lowest BCUT2D eigenvalue weighted by atomic mass is 9.62. The maximum Gasteiger partial charge on any atom is 0.243 e. The van der Waals surface area contributed by atoms with Crippen LogP contribution in [0, 0.1) is 22.7 Å². The van der Waals surface area contributed by atoms with E-state index in [1.54, 1.807) is 11.8 Å². The maximum absolute atomic E-state index is 12.4. The molecule has 0 aromatic carbocycles. The number of carbonyl (C=O) groups is 2. The number of amides is 2. The molecule has 1 saturated heterocycles. The fraction of sp³-hybridized carbons (Fsp3) is 0.750. The zero-order valence-corrected chi connectivity index (χ0v) is 10.2. The molecule has 0 radical (unpaired) electrons. The quantitative estimate of drug-likeness (QED) is 0.709. The average Bonchev–Trinajstić information content (AvgIpc) is 2.27. The van der Waals surface area contributed by atoms with Crippen molar-refractivity contribution in [3.05, 3.63) is 0 Å². The zero-order valence-electron chi connectivity index (χ0n) is 10.2. The highest BCUT2D eigenvalue weighted by atomic mass is 16.2. The summed E-state index contributed by atoms with van der Waals surface area (Å²) in [4.78, 5) is 25.4. The van der Waals surface area contributed by atoms with Gasteiger partial charge in [-0.1, -0.05) is 6.92 Å². The molecule has 1 aliphatic heterocycles. The van der Waals surface area contributed by atoms with E-state index in [0.29, 0.717) is 31.8 Å². The molecule has 1 unspecified atom stereocenters. The average molecular weight is 235 g/mol. The van der Waals surface area contributed by atoms with Crippen LogP contribution in [-0.2, 0) is 9.59 Å². The highest BCUT2D eigenvalue weighted by Crippen LogP contribution is 2.46. The second-order valence-electron chi connectivity index (χ2n) is 5.17. The number of piperazine rings is 1. The van der Waals surface area contributed by atoms with Crippen LogP contribution in [0.15, 0.2) is 0 Å². The van der Waals surface area contributed by atoms with Crippen molar-refractivity contribution in [3.8, 4) is 6.07 Å². The van der Waals surface area contributed by atoms with Crippen LogP contribution in [0.25, 0.3) is 0 Å². The Morgan fingerprint density at radius 1 is 1.53 bits per heavy atom. The van der Waals surface area contributed by atoms with Gasteiger partial charge in [0.05, 0.1) is 6.07 Å². The third kappa shape index (κ3) is 1.78. The van der Waals surface area contributed by atoms with Gasteiger partial charge in [0, 0.05) is 13.1 Å². The number of carbonyl (C=O) groups excluding carboxylic acids is 2. The minimum atomic E-state index is -0.870. The van der Waals surface area contributed by atoms with E-state index in [1.165, 1.54) is 0 Å². The molecule has 5 heteroatoms. The Kier molecular flexibility index (Phi) is 2.82. The lowest BCUT2D eigenvalue weighted by Crippen LogP contribution is -2.60. The first kappa shape index (κ1) is 11.9. The van der Waals surface area contributed by atoms with Crippen molar-refractivity contribution < 1.29 is 9.59 Å². The first-order valence-corrected chi connectivity index (χ1v) is 6.00. The molecule has 1 N–H and O–H groups in total. The Morgan fingerprint density at radius 3 is 2.71 bits per heavy atom. The second-order valence-corrected chi connectivity index (χ2v) is 5.17. The van der Waals surface area contributed by atoms with Crippen molar-refractivity contribution >= 4 is 11.8 Å². The summed E-state index contributed by atoms with van der Waals surface area (Å²) in [5, 5.41) is 11.9. The summed E-state index contributed by atoms with van der Waals surface area (Å²) in [5.74, 6) is 0.123. The van der Waals surface area contributed by atoms with Gasteiger partial charge in [-0.15, -0.1) is 0 Å². The van der Waals surface area contributed by atoms with E-state index in [1.807, 2.05) is 6.92 Å². The second kappa shape index (κ2) is 4.02. The van der Waals surface area contributed by atoms with Gasteiger partial charge in [0.15, 0.2) is 0 Å². The van der Waals surface area contributed by atoms with Crippen LogP contribution in [-0.4, -0.2) is 35.8 Å². The molecule has 1 aliphatic carbocycles. The molecule has 2 amide bonds. The van der Waals surface area contributed by atoms with E-state index < -0.39 is 11.5 Å². The van der Waals surface area contributed by atoms with Crippen molar-refractivity contribution in [1.82, 2.24) is 10.2 Å². The molecule has 0 spiro atoms. The smallest absolute Gasteiger partial charge is 0.243 e. The molecule has 17 heavy (non-hydrogen) atoms. The van der Waals surface area contributed by atoms with E-state index in [-0.39, 0.29) is 11.8 Å². The Hall–Kier alpha value is -1.57. The number of nitrogens with one attached hydrogen (secondary N) is 1. The molecule has 1 atom stereocenters. The van der Waals surface area contributed by atoms with Gasteiger partial charge in [0.25, 0.3) is 0 Å². The van der Waals surface area contributed by atoms with Crippen LogP contribution in [0.4, 0.5) is 0 Å². The minimum absolute atomic E-state index is 0.134. The maximum atomic E-state index is 12.4. The van der Waals surface area contributed by atoms with Crippen LogP contribution < -0.4 is 5.32 Å². The molecule has 1 saturated carbocycles. The van der Waals surface area contributed by atoms with Gasteiger partial charge < -0.3 is 10.2 Å². The van der Waals surface area contributed by atoms with Gasteiger partial charge in [-0.25, -0.2) is 0 Å². The van der Waals surface area contributed by atoms with Crippen LogP contribution in [0.5, 0.6) is 0 Å². The summed E-state index contributed by atoms with van der Waals surface area (Å²) in [6.07, 6.45) is 1.24. The lowest BCUT2D eigenvalue weighted by Gasteiger charge is -2.44. The largest absolute Gasteiger partial charge is 0.353 e. The van der Waals surface area contributed by atoms with E-state index in [4.69, 9.17) is 0 Å². The fourth-order valence-corrected chi connectivity index (χ4v) is 2.78. The van der Waals surface area contributed by atoms with E-state index in [0.717, 1.165) is 0 Å². The van der Waals surface area contributed by atoms with E-state index >= 15 is 0 Å². The molecule has 92 valence electrons. The topological polar surface area (TPSA) is 73.2 Å². The fourth-order valence-electron chi connectivity index (χ4n) is 2.78. The van der Waals surface area contributed by atoms with Crippen molar-refractivity contribution in [2.75, 3.05) is 13.1 Å². The van der Waals surface area contributed by atoms with Crippen molar-refractivity contribution in [1.29, 1.82) is 5.26 Å². The standard InChI is InChI=1S/C12H17N3O2/c1-8-5-12(6-8,7-13)11(17)15-4-3-14-10(16)9(15)2/h8-9H,3-6H2,1-2H3,(H,14,16). The monoisotopic (exact) mass is 235 g/mol. The summed E-state index contributed by atoms with van der Waals surface area (Å²) in [7, 11) is 0. The highest BCUT2D eigenvalue weighted by molar-refractivity contribution is 5.92. The van der Waals surface area contributed by atoms with Gasteiger partial charge in [-0.3, -0.25) is 9.59 Å². The van der Waals surface area contributed by atoms with Crippen molar-refractivity contribution in [2.45, 2.75) is 32.7 Å². The van der Waals surface area contributed by atoms with Crippen LogP contribution in [0.2, 0.25) is 0 Å². The molecule has 0 bridgehead atoms. The Balaban J connectivity index is 2.14. The van der Waals surface area contributed by atoms with Crippen LogP contribution in [0.3, 0.4) is 0 Å². The number of hydrogen-bond acceptors (Lipinski definition) is 3. The molecule has 0 aromatic heterocycles. The molecular formula is C12H17N3O2. The predicted octanol–water partition coefficient (Wildman–Crippen LogP) is 0.273. The van der Waals surface area contributed by atoms with Crippen LogP contribution >= 0.6 is 0 Å². The first-order chi connectivity index (χ1) is 8.00. The first-order valence-electron chi connectivity index (χ1n) is 6.00. The number of nitriles is 1. The van der Waals surface area contributed by atoms with Crippen molar-refractivity contribution in [3.63, 3.8) is 0 Å². The van der Waals surface area contributed by atoms with E-state index in [9.17, 15) is 14.9 Å². The van der Waals surface area contributed by atoms with Gasteiger partial charge in [0.2, 0.25) is 11.8 Å². The summed E-state index contributed by atoms with van der Waals surface area (Å²) in [6, 6.07) is 1.69. The van der Waals surface area contributed by atoms with E-state index in [2.05, 4.69) is 11.4 Å². The summed E-state index contributed by atoms with van der Waals surface area (Å²) >= 11 is 0. The van der Waals surface area contributed by atoms with Gasteiger partial charge in [0.1, 0.15) is 11.5 Å². The SMILES string of the molecule is CC1CC(C#N)(C(=O)N2CCNC(=O)C2C)C1. The van der Waals surface area contributed by atoms with Gasteiger partial charge in [-0.05, 0) is 25.7 Å². The molecule has 0 aromatic rings. The third-order valence-corrected chi connectivity index (χ3v) is 3.78. The highest BCUT2D eigenvalue weighted by Gasteiger charge is 2.52. The molecule has 2 aliphatic rings. The molecule has 2 fully saturated rings.